The van der Waals surface area contributed by atoms with Crippen molar-refractivity contribution < 1.29 is 9.53 Å². The molecule has 1 aliphatic rings. The lowest BCUT2D eigenvalue weighted by atomic mass is 9.96. The van der Waals surface area contributed by atoms with E-state index in [9.17, 15) is 15.3 Å². The number of nitriles is 2. The first-order valence-electron chi connectivity index (χ1n) is 10.6. The maximum Gasteiger partial charge on any atom is 0.266 e. The van der Waals surface area contributed by atoms with Crippen molar-refractivity contribution in [3.8, 4) is 17.9 Å². The fourth-order valence-corrected chi connectivity index (χ4v) is 5.27. The van der Waals surface area contributed by atoms with Crippen LogP contribution in [0, 0.1) is 22.7 Å². The number of amides is 1. The van der Waals surface area contributed by atoms with Gasteiger partial charge in [-0.05, 0) is 72.7 Å². The first-order chi connectivity index (χ1) is 16.5. The number of aryl methyl sites for hydroxylation is 1. The normalized spacial score (nSPS) is 12.9. The zero-order valence-electron chi connectivity index (χ0n) is 18.0. The Labute approximate surface area is 211 Å². The molecule has 1 N–H and O–H groups in total. The molecule has 5 nitrogen and oxygen atoms in total. The van der Waals surface area contributed by atoms with Crippen LogP contribution in [-0.4, -0.2) is 5.91 Å². The van der Waals surface area contributed by atoms with Gasteiger partial charge in [0, 0.05) is 4.88 Å². The third-order valence-corrected chi connectivity index (χ3v) is 7.40. The Kier molecular flexibility index (Phi) is 7.55. The van der Waals surface area contributed by atoms with Crippen molar-refractivity contribution in [3.63, 3.8) is 0 Å². The summed E-state index contributed by atoms with van der Waals surface area (Å²) in [6, 6.07) is 16.5. The van der Waals surface area contributed by atoms with Crippen LogP contribution in [0.3, 0.4) is 0 Å². The van der Waals surface area contributed by atoms with Gasteiger partial charge in [0.2, 0.25) is 0 Å². The highest BCUT2D eigenvalue weighted by atomic mass is 35.5. The molecule has 0 spiro atoms. The third-order valence-electron chi connectivity index (χ3n) is 5.46. The van der Waals surface area contributed by atoms with E-state index in [0.29, 0.717) is 38.5 Å². The summed E-state index contributed by atoms with van der Waals surface area (Å²) in [5, 5.41) is 23.4. The molecule has 34 heavy (non-hydrogen) atoms. The lowest BCUT2D eigenvalue weighted by molar-refractivity contribution is -0.112. The number of carbonyl (C=O) groups excluding carboxylic acids is 1. The van der Waals surface area contributed by atoms with Crippen LogP contribution in [0.4, 0.5) is 5.00 Å². The van der Waals surface area contributed by atoms with Gasteiger partial charge in [0.15, 0.2) is 0 Å². The number of benzene rings is 2. The van der Waals surface area contributed by atoms with Crippen molar-refractivity contribution >= 4 is 51.5 Å². The molecule has 1 aliphatic carbocycles. The molecular weight excluding hydrogens is 489 g/mol. The summed E-state index contributed by atoms with van der Waals surface area (Å²) in [5.74, 6) is 0.103. The van der Waals surface area contributed by atoms with Crippen molar-refractivity contribution in [2.75, 3.05) is 5.32 Å². The molecule has 0 radical (unpaired) electrons. The fraction of sp³-hybridized carbons (Fsp3) is 0.192. The standard InChI is InChI=1S/C26H19Cl2N3O2S/c27-22-10-7-17(12-23(22)28)15-33-19-8-5-16(6-9-19)11-18(13-29)25(32)31-26-21(14-30)20-3-1-2-4-24(20)34-26/h5-12H,1-4,15H2,(H,31,32)/b18-11+. The number of hydrogen-bond acceptors (Lipinski definition) is 5. The summed E-state index contributed by atoms with van der Waals surface area (Å²) in [6.07, 6.45) is 5.41. The monoisotopic (exact) mass is 507 g/mol. The number of ether oxygens (including phenoxy) is 1. The average molecular weight is 508 g/mol. The van der Waals surface area contributed by atoms with E-state index in [-0.39, 0.29) is 5.57 Å². The minimum Gasteiger partial charge on any atom is -0.489 e. The van der Waals surface area contributed by atoms with Crippen LogP contribution < -0.4 is 10.1 Å². The van der Waals surface area contributed by atoms with Crippen LogP contribution in [0.25, 0.3) is 6.08 Å². The van der Waals surface area contributed by atoms with E-state index in [1.54, 1.807) is 36.4 Å². The Morgan fingerprint density at radius 3 is 2.56 bits per heavy atom. The first-order valence-corrected chi connectivity index (χ1v) is 12.2. The second-order valence-electron chi connectivity index (χ2n) is 7.76. The van der Waals surface area contributed by atoms with Crippen molar-refractivity contribution in [3.05, 3.63) is 85.2 Å². The SMILES string of the molecule is N#C/C(=C\c1ccc(OCc2ccc(Cl)c(Cl)c2)cc1)C(=O)Nc1sc2c(c1C#N)CCCC2. The number of hydrogen-bond donors (Lipinski definition) is 1. The van der Waals surface area contributed by atoms with E-state index >= 15 is 0 Å². The Morgan fingerprint density at radius 1 is 1.09 bits per heavy atom. The quantitative estimate of drug-likeness (QED) is 0.289. The maximum atomic E-state index is 12.8. The van der Waals surface area contributed by atoms with E-state index in [0.717, 1.165) is 41.7 Å². The van der Waals surface area contributed by atoms with Crippen LogP contribution in [0.1, 0.15) is 40.0 Å². The lowest BCUT2D eigenvalue weighted by Crippen LogP contribution is -2.13. The second-order valence-corrected chi connectivity index (χ2v) is 9.68. The smallest absolute Gasteiger partial charge is 0.266 e. The Hall–Kier alpha value is -3.29. The molecule has 8 heteroatoms. The first kappa shape index (κ1) is 23.9. The van der Waals surface area contributed by atoms with E-state index in [1.807, 2.05) is 12.1 Å². The molecule has 0 saturated carbocycles. The molecule has 0 unspecified atom stereocenters. The van der Waals surface area contributed by atoms with Crippen molar-refractivity contribution in [2.45, 2.75) is 32.3 Å². The summed E-state index contributed by atoms with van der Waals surface area (Å²) < 4.78 is 5.77. The fourth-order valence-electron chi connectivity index (χ4n) is 3.71. The van der Waals surface area contributed by atoms with E-state index in [1.165, 1.54) is 17.4 Å². The average Bonchev–Trinajstić information content (AvgIpc) is 3.20. The minimum absolute atomic E-state index is 0.0419. The summed E-state index contributed by atoms with van der Waals surface area (Å²) in [4.78, 5) is 13.9. The predicted octanol–water partition coefficient (Wildman–Crippen LogP) is 6.93. The molecule has 0 aliphatic heterocycles. The highest BCUT2D eigenvalue weighted by Gasteiger charge is 2.22. The summed E-state index contributed by atoms with van der Waals surface area (Å²) in [5.41, 5.74) is 3.08. The third kappa shape index (κ3) is 5.43. The van der Waals surface area contributed by atoms with E-state index < -0.39 is 5.91 Å². The van der Waals surface area contributed by atoms with Crippen LogP contribution >= 0.6 is 34.5 Å². The molecule has 3 aromatic rings. The number of nitrogens with one attached hydrogen (secondary N) is 1. The van der Waals surface area contributed by atoms with Crippen LogP contribution in [0.2, 0.25) is 10.0 Å². The van der Waals surface area contributed by atoms with Gasteiger partial charge in [-0.25, -0.2) is 0 Å². The number of nitrogens with zero attached hydrogens (tertiary/aromatic N) is 2. The second kappa shape index (κ2) is 10.8. The molecule has 1 heterocycles. The number of thiophene rings is 1. The summed E-state index contributed by atoms with van der Waals surface area (Å²) >= 11 is 13.4. The molecule has 2 aromatic carbocycles. The largest absolute Gasteiger partial charge is 0.489 e. The molecule has 0 fully saturated rings. The zero-order chi connectivity index (χ0) is 24.1. The summed E-state index contributed by atoms with van der Waals surface area (Å²) in [7, 11) is 0. The number of fused-ring (bicyclic) bond motifs is 1. The van der Waals surface area contributed by atoms with Crippen molar-refractivity contribution in [1.29, 1.82) is 10.5 Å². The highest BCUT2D eigenvalue weighted by molar-refractivity contribution is 7.16. The highest BCUT2D eigenvalue weighted by Crippen LogP contribution is 2.37. The Morgan fingerprint density at radius 2 is 1.85 bits per heavy atom. The molecule has 0 atom stereocenters. The van der Waals surface area contributed by atoms with Gasteiger partial charge in [-0.2, -0.15) is 10.5 Å². The van der Waals surface area contributed by atoms with Crippen LogP contribution in [0.5, 0.6) is 5.75 Å². The number of anilines is 1. The molecule has 0 bridgehead atoms. The molecule has 0 saturated heterocycles. The maximum absolute atomic E-state index is 12.8. The number of carbonyl (C=O) groups is 1. The van der Waals surface area contributed by atoms with Gasteiger partial charge in [-0.1, -0.05) is 41.4 Å². The molecule has 1 amide bonds. The zero-order valence-corrected chi connectivity index (χ0v) is 20.4. The van der Waals surface area contributed by atoms with Gasteiger partial charge in [-0.3, -0.25) is 4.79 Å². The Balaban J connectivity index is 1.43. The topological polar surface area (TPSA) is 85.9 Å². The summed E-state index contributed by atoms with van der Waals surface area (Å²) in [6.45, 7) is 0.323. The minimum atomic E-state index is -0.530. The number of halogens is 2. The van der Waals surface area contributed by atoms with Gasteiger partial charge in [-0.15, -0.1) is 11.3 Å². The molecule has 170 valence electrons. The van der Waals surface area contributed by atoms with E-state index in [2.05, 4.69) is 11.4 Å². The number of rotatable bonds is 6. The molecule has 1 aromatic heterocycles. The van der Waals surface area contributed by atoms with Crippen molar-refractivity contribution in [1.82, 2.24) is 0 Å². The van der Waals surface area contributed by atoms with Crippen LogP contribution in [-0.2, 0) is 24.2 Å². The van der Waals surface area contributed by atoms with Gasteiger partial charge < -0.3 is 10.1 Å². The molecule has 4 rings (SSSR count). The van der Waals surface area contributed by atoms with E-state index in [4.69, 9.17) is 27.9 Å². The predicted molar refractivity (Wildman–Crippen MR) is 135 cm³/mol. The Bertz CT molecular complexity index is 1350. The lowest BCUT2D eigenvalue weighted by Gasteiger charge is -2.09. The van der Waals surface area contributed by atoms with Gasteiger partial charge in [0.1, 0.15) is 35.1 Å². The van der Waals surface area contributed by atoms with Gasteiger partial charge in [0.25, 0.3) is 5.91 Å². The van der Waals surface area contributed by atoms with Crippen LogP contribution in [0.15, 0.2) is 48.0 Å². The molecular formula is C26H19Cl2N3O2S. The van der Waals surface area contributed by atoms with Gasteiger partial charge in [0.05, 0.1) is 15.6 Å². The van der Waals surface area contributed by atoms with Gasteiger partial charge >= 0.3 is 0 Å². The van der Waals surface area contributed by atoms with Crippen molar-refractivity contribution in [2.24, 2.45) is 0 Å².